The number of nitrogens with one attached hydrogen (secondary N) is 1. The minimum atomic E-state index is -4.52. The molecule has 1 atom stereocenters. The Labute approximate surface area is 139 Å². The quantitative estimate of drug-likeness (QED) is 0.836. The van der Waals surface area contributed by atoms with Crippen molar-refractivity contribution in [2.45, 2.75) is 62.8 Å². The summed E-state index contributed by atoms with van der Waals surface area (Å²) in [4.78, 5) is 0. The van der Waals surface area contributed by atoms with Crippen molar-refractivity contribution >= 4 is 5.69 Å². The fourth-order valence-corrected chi connectivity index (χ4v) is 3.90. The summed E-state index contributed by atoms with van der Waals surface area (Å²) in [6.07, 6.45) is 2.69. The van der Waals surface area contributed by atoms with Crippen LogP contribution in [0.4, 0.5) is 18.9 Å². The van der Waals surface area contributed by atoms with Crippen LogP contribution >= 0.6 is 0 Å². The molecule has 1 aliphatic carbocycles. The molecule has 1 heterocycles. The maximum atomic E-state index is 13.1. The number of hydrogen-bond donors (Lipinski definition) is 1. The van der Waals surface area contributed by atoms with Gasteiger partial charge in [-0.15, -0.1) is 0 Å². The number of halogens is 3. The second-order valence-corrected chi connectivity index (χ2v) is 6.80. The Morgan fingerprint density at radius 3 is 2.62 bits per heavy atom. The number of hydrogen-bond acceptors (Lipinski definition) is 3. The van der Waals surface area contributed by atoms with E-state index in [0.717, 1.165) is 44.6 Å². The van der Waals surface area contributed by atoms with E-state index in [0.29, 0.717) is 12.3 Å². The molecule has 2 fully saturated rings. The van der Waals surface area contributed by atoms with Gasteiger partial charge in [0.25, 0.3) is 0 Å². The van der Waals surface area contributed by atoms with Crippen molar-refractivity contribution in [1.82, 2.24) is 0 Å². The molecule has 1 aromatic rings. The monoisotopic (exact) mass is 338 g/mol. The number of anilines is 1. The zero-order valence-corrected chi connectivity index (χ0v) is 13.5. The number of ether oxygens (including phenoxy) is 1. The van der Waals surface area contributed by atoms with Crippen LogP contribution in [-0.2, 0) is 10.9 Å². The molecule has 0 bridgehead atoms. The molecule has 1 unspecified atom stereocenters. The lowest BCUT2D eigenvalue weighted by molar-refractivity contribution is -0.137. The third kappa shape index (κ3) is 3.67. The van der Waals surface area contributed by atoms with Crippen LogP contribution in [0.15, 0.2) is 18.2 Å². The second-order valence-electron chi connectivity index (χ2n) is 6.80. The minimum absolute atomic E-state index is 0.103. The Hall–Kier alpha value is -1.74. The summed E-state index contributed by atoms with van der Waals surface area (Å²) >= 11 is 0. The molecule has 3 nitrogen and oxygen atoms in total. The summed E-state index contributed by atoms with van der Waals surface area (Å²) < 4.78 is 45.3. The van der Waals surface area contributed by atoms with Crippen LogP contribution in [0, 0.1) is 11.3 Å². The number of alkyl halides is 3. The fraction of sp³-hybridized carbons (Fsp3) is 0.611. The third-order valence-corrected chi connectivity index (χ3v) is 5.07. The summed E-state index contributed by atoms with van der Waals surface area (Å²) in [6, 6.07) is 5.55. The molecule has 1 saturated carbocycles. The van der Waals surface area contributed by atoms with E-state index in [4.69, 9.17) is 10.00 Å². The van der Waals surface area contributed by atoms with Crippen LogP contribution in [0.5, 0.6) is 0 Å². The number of nitrogens with zero attached hydrogens (tertiary/aromatic N) is 1. The largest absolute Gasteiger partial charge is 0.417 e. The van der Waals surface area contributed by atoms with Gasteiger partial charge in [-0.3, -0.25) is 0 Å². The molecule has 1 aliphatic heterocycles. The van der Waals surface area contributed by atoms with E-state index in [9.17, 15) is 13.2 Å². The first-order valence-electron chi connectivity index (χ1n) is 8.44. The predicted octanol–water partition coefficient (Wildman–Crippen LogP) is 4.87. The summed E-state index contributed by atoms with van der Waals surface area (Å²) in [5, 5.41) is 12.1. The molecule has 0 radical (unpaired) electrons. The van der Waals surface area contributed by atoms with Crippen molar-refractivity contribution < 1.29 is 17.9 Å². The molecule has 6 heteroatoms. The topological polar surface area (TPSA) is 45.0 Å². The molecule has 2 aliphatic rings. The van der Waals surface area contributed by atoms with Crippen molar-refractivity contribution in [2.75, 3.05) is 11.9 Å². The van der Waals surface area contributed by atoms with E-state index in [2.05, 4.69) is 5.32 Å². The van der Waals surface area contributed by atoms with Gasteiger partial charge < -0.3 is 10.1 Å². The summed E-state index contributed by atoms with van der Waals surface area (Å²) in [5.74, 6) is 0. The van der Waals surface area contributed by atoms with Crippen LogP contribution in [0.2, 0.25) is 0 Å². The van der Waals surface area contributed by atoms with E-state index in [1.54, 1.807) is 12.1 Å². The van der Waals surface area contributed by atoms with E-state index in [-0.39, 0.29) is 17.2 Å². The van der Waals surface area contributed by atoms with E-state index in [1.165, 1.54) is 12.5 Å². The van der Waals surface area contributed by atoms with Crippen LogP contribution in [0.3, 0.4) is 0 Å². The van der Waals surface area contributed by atoms with Gasteiger partial charge in [0.1, 0.15) is 0 Å². The van der Waals surface area contributed by atoms with E-state index in [1.807, 2.05) is 0 Å². The van der Waals surface area contributed by atoms with Crippen LogP contribution in [0.25, 0.3) is 0 Å². The minimum Gasteiger partial charge on any atom is -0.382 e. The van der Waals surface area contributed by atoms with Crippen molar-refractivity contribution in [3.8, 4) is 6.07 Å². The first-order chi connectivity index (χ1) is 11.4. The lowest BCUT2D eigenvalue weighted by Crippen LogP contribution is -2.45. The number of rotatable bonds is 2. The van der Waals surface area contributed by atoms with Gasteiger partial charge in [-0.25, -0.2) is 0 Å². The zero-order valence-electron chi connectivity index (χ0n) is 13.5. The smallest absolute Gasteiger partial charge is 0.382 e. The first-order valence-corrected chi connectivity index (χ1v) is 8.44. The zero-order chi connectivity index (χ0) is 17.2. The van der Waals surface area contributed by atoms with Crippen molar-refractivity contribution in [1.29, 1.82) is 5.26 Å². The van der Waals surface area contributed by atoms with Crippen LogP contribution < -0.4 is 5.32 Å². The molecule has 3 rings (SSSR count). The maximum Gasteiger partial charge on any atom is 0.417 e. The maximum absolute atomic E-state index is 13.1. The second kappa shape index (κ2) is 6.64. The van der Waals surface area contributed by atoms with Gasteiger partial charge in [-0.2, -0.15) is 18.4 Å². The molecule has 24 heavy (non-hydrogen) atoms. The molecule has 1 spiro atoms. The van der Waals surface area contributed by atoms with E-state index >= 15 is 0 Å². The average molecular weight is 338 g/mol. The van der Waals surface area contributed by atoms with Gasteiger partial charge in [0.15, 0.2) is 0 Å². The number of benzene rings is 1. The molecule has 0 aromatic heterocycles. The molecule has 0 amide bonds. The van der Waals surface area contributed by atoms with Gasteiger partial charge >= 0.3 is 6.18 Å². The van der Waals surface area contributed by atoms with Gasteiger partial charge in [0.2, 0.25) is 0 Å². The highest BCUT2D eigenvalue weighted by molar-refractivity contribution is 5.53. The highest BCUT2D eigenvalue weighted by atomic mass is 19.4. The average Bonchev–Trinajstić information content (AvgIpc) is 2.55. The molecular weight excluding hydrogens is 317 g/mol. The standard InChI is InChI=1S/C18H21F3N2O/c19-18(20,21)16-10-14(5-4-13(16)12-22)23-15-6-9-24-17(11-15)7-2-1-3-8-17/h4-5,10,15,23H,1-3,6-9,11H2. The highest BCUT2D eigenvalue weighted by Gasteiger charge is 2.39. The number of nitriles is 1. The van der Waals surface area contributed by atoms with Gasteiger partial charge in [-0.1, -0.05) is 19.3 Å². The Bertz CT molecular complexity index is 625. The van der Waals surface area contributed by atoms with Crippen molar-refractivity contribution in [3.05, 3.63) is 29.3 Å². The molecule has 1 aromatic carbocycles. The third-order valence-electron chi connectivity index (χ3n) is 5.07. The molecule has 130 valence electrons. The molecular formula is C18H21F3N2O. The Kier molecular flexibility index (Phi) is 4.73. The van der Waals surface area contributed by atoms with Gasteiger partial charge in [0, 0.05) is 18.3 Å². The Morgan fingerprint density at radius 2 is 1.96 bits per heavy atom. The van der Waals surface area contributed by atoms with E-state index < -0.39 is 11.7 Å². The van der Waals surface area contributed by atoms with Crippen LogP contribution in [-0.4, -0.2) is 18.2 Å². The normalized spacial score (nSPS) is 23.7. The van der Waals surface area contributed by atoms with Gasteiger partial charge in [0.05, 0.1) is 22.8 Å². The van der Waals surface area contributed by atoms with Crippen molar-refractivity contribution in [2.24, 2.45) is 0 Å². The molecule has 1 N–H and O–H groups in total. The highest BCUT2D eigenvalue weighted by Crippen LogP contribution is 2.40. The fourth-order valence-electron chi connectivity index (χ4n) is 3.90. The summed E-state index contributed by atoms with van der Waals surface area (Å²) in [6.45, 7) is 0.639. The summed E-state index contributed by atoms with van der Waals surface area (Å²) in [5.41, 5.74) is -0.912. The SMILES string of the molecule is N#Cc1ccc(NC2CCOC3(CCCCC3)C2)cc1C(F)(F)F. The van der Waals surface area contributed by atoms with Crippen LogP contribution in [0.1, 0.15) is 56.1 Å². The Balaban J connectivity index is 1.75. The predicted molar refractivity (Wildman–Crippen MR) is 84.6 cm³/mol. The van der Waals surface area contributed by atoms with Gasteiger partial charge in [-0.05, 0) is 43.9 Å². The lowest BCUT2D eigenvalue weighted by atomic mass is 9.78. The summed E-state index contributed by atoms with van der Waals surface area (Å²) in [7, 11) is 0. The lowest BCUT2D eigenvalue weighted by Gasteiger charge is -2.44. The molecule has 1 saturated heterocycles. The first kappa shape index (κ1) is 17.1. The van der Waals surface area contributed by atoms with Crippen molar-refractivity contribution in [3.63, 3.8) is 0 Å². The Morgan fingerprint density at radius 1 is 1.21 bits per heavy atom.